The highest BCUT2D eigenvalue weighted by molar-refractivity contribution is 7.26. The first-order chi connectivity index (χ1) is 17.1. The summed E-state index contributed by atoms with van der Waals surface area (Å²) in [7, 11) is 0. The summed E-state index contributed by atoms with van der Waals surface area (Å²) >= 11 is 1.83. The molecule has 5 heteroatoms. The van der Waals surface area contributed by atoms with Crippen LogP contribution in [0.5, 0.6) is 0 Å². The Morgan fingerprint density at radius 3 is 2.20 bits per heavy atom. The third-order valence-electron chi connectivity index (χ3n) is 7.13. The van der Waals surface area contributed by atoms with Gasteiger partial charge < -0.3 is 9.97 Å². The summed E-state index contributed by atoms with van der Waals surface area (Å²) in [6.45, 7) is 4.03. The van der Waals surface area contributed by atoms with Gasteiger partial charge in [-0.15, -0.1) is 11.3 Å². The normalized spacial score (nSPS) is 12.3. The molecule has 0 aliphatic heterocycles. The number of aromatic nitrogens is 4. The van der Waals surface area contributed by atoms with Crippen LogP contribution in [0, 0.1) is 13.8 Å². The van der Waals surface area contributed by atoms with Crippen LogP contribution in [0.1, 0.15) is 11.6 Å². The van der Waals surface area contributed by atoms with E-state index in [1.54, 1.807) is 0 Å². The van der Waals surface area contributed by atoms with Crippen molar-refractivity contribution < 1.29 is 0 Å². The lowest BCUT2D eigenvalue weighted by Crippen LogP contribution is -1.84. The van der Waals surface area contributed by atoms with Gasteiger partial charge in [-0.1, -0.05) is 54.6 Å². The minimum atomic E-state index is 0.943. The smallest absolute Gasteiger partial charge is 0.106 e. The zero-order valence-electron chi connectivity index (χ0n) is 19.2. The van der Waals surface area contributed by atoms with Crippen molar-refractivity contribution in [2.45, 2.75) is 13.8 Å². The number of hydrogen-bond donors (Lipinski definition) is 2. The summed E-state index contributed by atoms with van der Waals surface area (Å²) in [5, 5.41) is 7.45. The number of fused-ring (bicyclic) bond motifs is 11. The minimum absolute atomic E-state index is 0.943. The minimum Gasteiger partial charge on any atom is -0.342 e. The zero-order chi connectivity index (χ0) is 23.3. The predicted molar refractivity (Wildman–Crippen MR) is 149 cm³/mol. The van der Waals surface area contributed by atoms with E-state index in [1.165, 1.54) is 52.8 Å². The Morgan fingerprint density at radius 2 is 1.31 bits per heavy atom. The molecule has 4 nitrogen and oxygen atoms in total. The molecule has 0 fully saturated rings. The SMILES string of the molecule is Cc1nc2c(ccc3c4ccc(-c5ccc6c(c5)c5ccccc5c5nc(C)[nH]c65)cc4sc32)[nH]1. The first-order valence-electron chi connectivity index (χ1n) is 11.8. The predicted octanol–water partition coefficient (Wildman–Crippen LogP) is 8.40. The highest BCUT2D eigenvalue weighted by Crippen LogP contribution is 2.41. The second-order valence-electron chi connectivity index (χ2n) is 9.33. The van der Waals surface area contributed by atoms with Crippen LogP contribution >= 0.6 is 11.3 Å². The maximum atomic E-state index is 4.79. The average molecular weight is 469 g/mol. The first kappa shape index (κ1) is 19.1. The van der Waals surface area contributed by atoms with Crippen molar-refractivity contribution >= 4 is 75.1 Å². The Balaban J connectivity index is 1.39. The highest BCUT2D eigenvalue weighted by atomic mass is 32.1. The molecular formula is C30H20N4S. The number of rotatable bonds is 1. The van der Waals surface area contributed by atoms with Crippen LogP contribution in [-0.2, 0) is 0 Å². The number of aryl methyl sites for hydroxylation is 2. The van der Waals surface area contributed by atoms with Crippen molar-refractivity contribution in [3.63, 3.8) is 0 Å². The lowest BCUT2D eigenvalue weighted by molar-refractivity contribution is 1.17. The van der Waals surface area contributed by atoms with E-state index in [0.29, 0.717) is 0 Å². The molecule has 0 spiro atoms. The van der Waals surface area contributed by atoms with Crippen LogP contribution in [-0.4, -0.2) is 19.9 Å². The summed E-state index contributed by atoms with van der Waals surface area (Å²) in [5.74, 6) is 1.90. The molecule has 3 aromatic heterocycles. The Hall–Kier alpha value is -4.22. The molecule has 0 aliphatic rings. The summed E-state index contributed by atoms with van der Waals surface area (Å²) in [6.07, 6.45) is 0. The average Bonchev–Trinajstić information content (AvgIpc) is 3.56. The largest absolute Gasteiger partial charge is 0.342 e. The van der Waals surface area contributed by atoms with Crippen molar-refractivity contribution in [3.05, 3.63) is 84.4 Å². The van der Waals surface area contributed by atoms with Crippen molar-refractivity contribution in [3.8, 4) is 11.1 Å². The summed E-state index contributed by atoms with van der Waals surface area (Å²) < 4.78 is 2.54. The molecular weight excluding hydrogens is 448 g/mol. The van der Waals surface area contributed by atoms with Crippen LogP contribution in [0.2, 0.25) is 0 Å². The van der Waals surface area contributed by atoms with E-state index >= 15 is 0 Å². The second-order valence-corrected chi connectivity index (χ2v) is 10.4. The molecule has 0 radical (unpaired) electrons. The monoisotopic (exact) mass is 468 g/mol. The van der Waals surface area contributed by atoms with Gasteiger partial charge in [0.05, 0.1) is 21.3 Å². The molecule has 8 aromatic rings. The molecule has 35 heavy (non-hydrogen) atoms. The molecule has 8 rings (SSSR count). The number of hydrogen-bond acceptors (Lipinski definition) is 3. The Kier molecular flexibility index (Phi) is 3.65. The second kappa shape index (κ2) is 6.68. The van der Waals surface area contributed by atoms with E-state index in [2.05, 4.69) is 82.8 Å². The zero-order valence-corrected chi connectivity index (χ0v) is 20.0. The molecule has 2 N–H and O–H groups in total. The molecule has 0 atom stereocenters. The van der Waals surface area contributed by atoms with Gasteiger partial charge >= 0.3 is 0 Å². The third kappa shape index (κ3) is 2.61. The fraction of sp³-hybridized carbons (Fsp3) is 0.0667. The van der Waals surface area contributed by atoms with E-state index in [4.69, 9.17) is 9.97 Å². The summed E-state index contributed by atoms with van der Waals surface area (Å²) in [6, 6.07) is 26.6. The lowest BCUT2D eigenvalue weighted by atomic mass is 9.95. The maximum absolute atomic E-state index is 4.79. The molecule has 5 aromatic carbocycles. The van der Waals surface area contributed by atoms with Gasteiger partial charge in [0.2, 0.25) is 0 Å². The number of nitrogens with zero attached hydrogens (tertiary/aromatic N) is 2. The van der Waals surface area contributed by atoms with Crippen LogP contribution in [0.4, 0.5) is 0 Å². The number of benzene rings is 5. The van der Waals surface area contributed by atoms with Gasteiger partial charge in [-0.3, -0.25) is 0 Å². The van der Waals surface area contributed by atoms with Crippen LogP contribution in [0.3, 0.4) is 0 Å². The maximum Gasteiger partial charge on any atom is 0.106 e. The van der Waals surface area contributed by atoms with Gasteiger partial charge in [-0.2, -0.15) is 0 Å². The molecule has 166 valence electrons. The van der Waals surface area contributed by atoms with Gasteiger partial charge in [-0.25, -0.2) is 9.97 Å². The van der Waals surface area contributed by atoms with Crippen molar-refractivity contribution in [1.29, 1.82) is 0 Å². The molecule has 0 unspecified atom stereocenters. The summed E-state index contributed by atoms with van der Waals surface area (Å²) in [4.78, 5) is 16.4. The number of H-pyrrole nitrogens is 2. The molecule has 3 heterocycles. The fourth-order valence-electron chi connectivity index (χ4n) is 5.58. The third-order valence-corrected chi connectivity index (χ3v) is 8.30. The van der Waals surface area contributed by atoms with Crippen molar-refractivity contribution in [2.24, 2.45) is 0 Å². The van der Waals surface area contributed by atoms with Gasteiger partial charge in [0, 0.05) is 26.2 Å². The quantitative estimate of drug-likeness (QED) is 0.238. The number of thiophene rings is 1. The van der Waals surface area contributed by atoms with Gasteiger partial charge in [0.1, 0.15) is 17.2 Å². The van der Waals surface area contributed by atoms with Gasteiger partial charge in [0.25, 0.3) is 0 Å². The van der Waals surface area contributed by atoms with Crippen molar-refractivity contribution in [2.75, 3.05) is 0 Å². The van der Waals surface area contributed by atoms with E-state index in [-0.39, 0.29) is 0 Å². The number of aromatic amines is 2. The van der Waals surface area contributed by atoms with Crippen molar-refractivity contribution in [1.82, 2.24) is 19.9 Å². The van der Waals surface area contributed by atoms with E-state index in [0.717, 1.165) is 33.7 Å². The molecule has 0 saturated carbocycles. The Morgan fingerprint density at radius 1 is 0.600 bits per heavy atom. The Bertz CT molecular complexity index is 2140. The van der Waals surface area contributed by atoms with Crippen LogP contribution in [0.15, 0.2) is 72.8 Å². The molecule has 0 saturated heterocycles. The highest BCUT2D eigenvalue weighted by Gasteiger charge is 2.14. The van der Waals surface area contributed by atoms with Crippen LogP contribution < -0.4 is 0 Å². The summed E-state index contributed by atoms with van der Waals surface area (Å²) in [5.41, 5.74) is 6.78. The molecule has 0 aliphatic carbocycles. The fourth-order valence-corrected chi connectivity index (χ4v) is 6.81. The van der Waals surface area contributed by atoms with E-state index in [1.807, 2.05) is 25.2 Å². The molecule has 0 bridgehead atoms. The van der Waals surface area contributed by atoms with E-state index in [9.17, 15) is 0 Å². The standard InChI is InChI=1S/C30H20N4S/c1-15-31-25-12-11-23-20-9-7-18(14-26(20)35-30(23)29(25)34-15)17-8-10-22-24(13-17)19-5-3-4-6-21(19)27-28(22)33-16(2)32-27/h3-14H,1-2H3,(H,31,34)(H,32,33). The molecule has 0 amide bonds. The number of nitrogens with one attached hydrogen (secondary N) is 2. The lowest BCUT2D eigenvalue weighted by Gasteiger charge is -2.09. The van der Waals surface area contributed by atoms with Crippen LogP contribution in [0.25, 0.3) is 74.9 Å². The van der Waals surface area contributed by atoms with Gasteiger partial charge in [0.15, 0.2) is 0 Å². The Labute approximate surface area is 204 Å². The topological polar surface area (TPSA) is 57.4 Å². The van der Waals surface area contributed by atoms with E-state index < -0.39 is 0 Å². The van der Waals surface area contributed by atoms with Gasteiger partial charge in [-0.05, 0) is 53.9 Å². The number of imidazole rings is 2. The first-order valence-corrected chi connectivity index (χ1v) is 12.6.